The van der Waals surface area contributed by atoms with Crippen LogP contribution in [-0.4, -0.2) is 80.2 Å². The highest BCUT2D eigenvalue weighted by atomic mass is 16.5. The zero-order valence-corrected chi connectivity index (χ0v) is 20.9. The first-order valence-electron chi connectivity index (χ1n) is 11.5. The van der Waals surface area contributed by atoms with Crippen LogP contribution in [0.4, 0.5) is 17.5 Å². The molecular weight excluding hydrogens is 478 g/mol. The predicted molar refractivity (Wildman–Crippen MR) is 136 cm³/mol. The number of rotatable bonds is 11. The number of carbonyl (C=O) groups is 1. The predicted octanol–water partition coefficient (Wildman–Crippen LogP) is 2.75. The second-order valence-electron chi connectivity index (χ2n) is 8.00. The van der Waals surface area contributed by atoms with Crippen LogP contribution in [0.2, 0.25) is 0 Å². The molecule has 3 aromatic heterocycles. The molecule has 0 aliphatic rings. The van der Waals surface area contributed by atoms with E-state index < -0.39 is 5.97 Å². The van der Waals surface area contributed by atoms with Gasteiger partial charge in [0.05, 0.1) is 25.0 Å². The highest BCUT2D eigenvalue weighted by Gasteiger charge is 2.17. The SMILES string of the molecule is CCOCCN(C)c1nc(Nc2cc(OC)cc(-n3nnnc3C)c2)ncc1-c1cncc(C(=O)O)c1. The van der Waals surface area contributed by atoms with E-state index in [1.54, 1.807) is 43.2 Å². The quantitative estimate of drug-likeness (QED) is 0.288. The molecule has 1 aromatic carbocycles. The normalized spacial score (nSPS) is 10.8. The number of pyridine rings is 1. The molecule has 3 heterocycles. The minimum Gasteiger partial charge on any atom is -0.497 e. The third-order valence-electron chi connectivity index (χ3n) is 5.45. The Labute approximate surface area is 213 Å². The van der Waals surface area contributed by atoms with Crippen LogP contribution in [0.25, 0.3) is 16.8 Å². The van der Waals surface area contributed by atoms with E-state index in [0.717, 1.165) is 0 Å². The van der Waals surface area contributed by atoms with Gasteiger partial charge < -0.3 is 24.8 Å². The number of nitrogens with zero attached hydrogens (tertiary/aromatic N) is 8. The van der Waals surface area contributed by atoms with Gasteiger partial charge in [-0.2, -0.15) is 9.67 Å². The molecule has 0 atom stereocenters. The molecule has 0 aliphatic heterocycles. The van der Waals surface area contributed by atoms with Gasteiger partial charge in [0.15, 0.2) is 5.82 Å². The van der Waals surface area contributed by atoms with Gasteiger partial charge in [-0.15, -0.1) is 5.10 Å². The summed E-state index contributed by atoms with van der Waals surface area (Å²) in [4.78, 5) is 26.7. The lowest BCUT2D eigenvalue weighted by Crippen LogP contribution is -2.24. The van der Waals surface area contributed by atoms with Gasteiger partial charge in [0.25, 0.3) is 0 Å². The Bertz CT molecular complexity index is 1390. The molecule has 0 amide bonds. The van der Waals surface area contributed by atoms with Crippen molar-refractivity contribution in [3.8, 4) is 22.6 Å². The number of benzene rings is 1. The first-order valence-corrected chi connectivity index (χ1v) is 11.5. The average Bonchev–Trinajstić information content (AvgIpc) is 3.34. The number of aromatic carboxylic acids is 1. The number of carboxylic acids is 1. The van der Waals surface area contributed by atoms with E-state index in [4.69, 9.17) is 14.5 Å². The van der Waals surface area contributed by atoms with Gasteiger partial charge in [-0.1, -0.05) is 0 Å². The van der Waals surface area contributed by atoms with E-state index in [0.29, 0.717) is 65.6 Å². The summed E-state index contributed by atoms with van der Waals surface area (Å²) in [6, 6.07) is 7.01. The number of aromatic nitrogens is 7. The van der Waals surface area contributed by atoms with Crippen LogP contribution in [0, 0.1) is 6.92 Å². The molecule has 13 nitrogen and oxygen atoms in total. The minimum absolute atomic E-state index is 0.0735. The molecule has 0 saturated heterocycles. The summed E-state index contributed by atoms with van der Waals surface area (Å²) >= 11 is 0. The summed E-state index contributed by atoms with van der Waals surface area (Å²) in [6.07, 6.45) is 4.52. The summed E-state index contributed by atoms with van der Waals surface area (Å²) in [5.41, 5.74) is 2.66. The molecule has 4 aromatic rings. The Morgan fingerprint density at radius 1 is 1.19 bits per heavy atom. The van der Waals surface area contributed by atoms with Crippen molar-refractivity contribution < 1.29 is 19.4 Å². The molecule has 0 fully saturated rings. The Hall–Kier alpha value is -4.65. The van der Waals surface area contributed by atoms with Crippen LogP contribution in [0.1, 0.15) is 23.1 Å². The van der Waals surface area contributed by atoms with Crippen LogP contribution in [-0.2, 0) is 4.74 Å². The number of ether oxygens (including phenoxy) is 2. The molecule has 192 valence electrons. The van der Waals surface area contributed by atoms with E-state index in [1.807, 2.05) is 31.0 Å². The molecule has 0 radical (unpaired) electrons. The topological polar surface area (TPSA) is 153 Å². The van der Waals surface area contributed by atoms with Crippen molar-refractivity contribution in [2.45, 2.75) is 13.8 Å². The Morgan fingerprint density at radius 3 is 2.73 bits per heavy atom. The third kappa shape index (κ3) is 5.95. The van der Waals surface area contributed by atoms with Gasteiger partial charge in [-0.3, -0.25) is 4.98 Å². The second-order valence-corrected chi connectivity index (χ2v) is 8.00. The first kappa shape index (κ1) is 25.4. The van der Waals surface area contributed by atoms with Gasteiger partial charge in [0.2, 0.25) is 5.95 Å². The van der Waals surface area contributed by atoms with Gasteiger partial charge in [-0.25, -0.2) is 9.78 Å². The van der Waals surface area contributed by atoms with Crippen molar-refractivity contribution in [1.29, 1.82) is 0 Å². The first-order chi connectivity index (χ1) is 17.9. The lowest BCUT2D eigenvalue weighted by molar-refractivity contribution is 0.0696. The van der Waals surface area contributed by atoms with E-state index in [9.17, 15) is 9.90 Å². The van der Waals surface area contributed by atoms with Crippen molar-refractivity contribution in [2.24, 2.45) is 0 Å². The number of hydrogen-bond acceptors (Lipinski definition) is 11. The van der Waals surface area contributed by atoms with E-state index in [-0.39, 0.29) is 5.56 Å². The summed E-state index contributed by atoms with van der Waals surface area (Å²) in [7, 11) is 3.46. The maximum absolute atomic E-state index is 11.5. The van der Waals surface area contributed by atoms with Crippen molar-refractivity contribution in [2.75, 3.05) is 44.1 Å². The minimum atomic E-state index is -1.06. The number of likely N-dealkylation sites (N-methyl/N-ethyl adjacent to an activating group) is 1. The van der Waals surface area contributed by atoms with Crippen molar-refractivity contribution >= 4 is 23.4 Å². The molecule has 0 bridgehead atoms. The van der Waals surface area contributed by atoms with Gasteiger partial charge in [0.1, 0.15) is 11.6 Å². The van der Waals surface area contributed by atoms with Crippen molar-refractivity contribution in [1.82, 2.24) is 35.2 Å². The highest BCUT2D eigenvalue weighted by Crippen LogP contribution is 2.31. The number of tetrazole rings is 1. The van der Waals surface area contributed by atoms with Gasteiger partial charge in [-0.05, 0) is 36.4 Å². The molecule has 4 rings (SSSR count). The molecule has 13 heteroatoms. The second kappa shape index (κ2) is 11.4. The fourth-order valence-corrected chi connectivity index (χ4v) is 3.58. The molecule has 2 N–H and O–H groups in total. The molecule has 0 unspecified atom stereocenters. The van der Waals surface area contributed by atoms with Crippen molar-refractivity contribution in [3.05, 3.63) is 54.2 Å². The molecule has 0 aliphatic carbocycles. The van der Waals surface area contributed by atoms with Gasteiger partial charge >= 0.3 is 5.97 Å². The number of carboxylic acid groups (broad SMARTS) is 1. The van der Waals surface area contributed by atoms with Crippen LogP contribution >= 0.6 is 0 Å². The summed E-state index contributed by atoms with van der Waals surface area (Å²) < 4.78 is 12.6. The number of methoxy groups -OCH3 is 1. The molecule has 0 spiro atoms. The van der Waals surface area contributed by atoms with E-state index >= 15 is 0 Å². The van der Waals surface area contributed by atoms with Crippen molar-refractivity contribution in [3.63, 3.8) is 0 Å². The van der Waals surface area contributed by atoms with Gasteiger partial charge in [0, 0.05) is 67.7 Å². The molecular formula is C24H27N9O4. The third-order valence-corrected chi connectivity index (χ3v) is 5.45. The Kier molecular flexibility index (Phi) is 7.83. The van der Waals surface area contributed by atoms with Crippen LogP contribution < -0.4 is 15.0 Å². The fraction of sp³-hybridized carbons (Fsp3) is 0.292. The van der Waals surface area contributed by atoms with E-state index in [2.05, 4.69) is 30.8 Å². The number of nitrogens with one attached hydrogen (secondary N) is 1. The lowest BCUT2D eigenvalue weighted by Gasteiger charge is -2.22. The molecule has 0 saturated carbocycles. The summed E-state index contributed by atoms with van der Waals surface area (Å²) in [6.45, 7) is 5.39. The highest BCUT2D eigenvalue weighted by molar-refractivity contribution is 5.89. The van der Waals surface area contributed by atoms with Crippen LogP contribution in [0.15, 0.2) is 42.9 Å². The largest absolute Gasteiger partial charge is 0.497 e. The fourth-order valence-electron chi connectivity index (χ4n) is 3.58. The number of hydrogen-bond donors (Lipinski definition) is 2. The standard InChI is InChI=1S/C24H27N9O4/c1-5-37-7-6-32(3)22-21(16-8-17(23(34)35)13-25-12-16)14-26-24(28-22)27-18-9-19(11-20(10-18)36-4)33-15(2)29-30-31-33/h8-14H,5-7H2,1-4H3,(H,34,35)(H,26,27,28). The number of anilines is 3. The monoisotopic (exact) mass is 505 g/mol. The zero-order valence-electron chi connectivity index (χ0n) is 20.9. The smallest absolute Gasteiger partial charge is 0.337 e. The molecule has 37 heavy (non-hydrogen) atoms. The lowest BCUT2D eigenvalue weighted by atomic mass is 10.1. The van der Waals surface area contributed by atoms with Crippen LogP contribution in [0.5, 0.6) is 5.75 Å². The Balaban J connectivity index is 1.72. The maximum atomic E-state index is 11.5. The average molecular weight is 506 g/mol. The van der Waals surface area contributed by atoms with Crippen LogP contribution in [0.3, 0.4) is 0 Å². The number of aryl methyl sites for hydroxylation is 1. The Morgan fingerprint density at radius 2 is 2.03 bits per heavy atom. The zero-order chi connectivity index (χ0) is 26.4. The maximum Gasteiger partial charge on any atom is 0.337 e. The summed E-state index contributed by atoms with van der Waals surface area (Å²) in [5, 5.41) is 24.3. The van der Waals surface area contributed by atoms with E-state index in [1.165, 1.54) is 6.20 Å². The summed E-state index contributed by atoms with van der Waals surface area (Å²) in [5.74, 6) is 1.07.